The van der Waals surface area contributed by atoms with Crippen molar-refractivity contribution in [1.29, 1.82) is 0 Å². The topological polar surface area (TPSA) is 64.2 Å². The third-order valence-electron chi connectivity index (χ3n) is 4.91. The van der Waals surface area contributed by atoms with Crippen LogP contribution in [0.25, 0.3) is 21.8 Å². The van der Waals surface area contributed by atoms with E-state index >= 15 is 0 Å². The number of benzene rings is 1. The van der Waals surface area contributed by atoms with Gasteiger partial charge in [-0.15, -0.1) is 11.6 Å². The summed E-state index contributed by atoms with van der Waals surface area (Å²) in [4.78, 5) is 20.2. The summed E-state index contributed by atoms with van der Waals surface area (Å²) >= 11 is 6.48. The smallest absolute Gasteiger partial charge is 0.356 e. The number of aromatic nitrogens is 2. The first-order chi connectivity index (χ1) is 12.6. The van der Waals surface area contributed by atoms with Crippen LogP contribution in [0.5, 0.6) is 0 Å². The average Bonchev–Trinajstić information content (AvgIpc) is 3.05. The van der Waals surface area contributed by atoms with E-state index in [4.69, 9.17) is 21.1 Å². The predicted octanol–water partition coefficient (Wildman–Crippen LogP) is 4.17. The average molecular weight is 371 g/mol. The predicted molar refractivity (Wildman–Crippen MR) is 102 cm³/mol. The van der Waals surface area contributed by atoms with E-state index in [1.807, 2.05) is 30.3 Å². The van der Waals surface area contributed by atoms with Gasteiger partial charge in [0, 0.05) is 29.3 Å². The number of H-pyrrole nitrogens is 1. The van der Waals surface area contributed by atoms with E-state index in [9.17, 15) is 4.79 Å². The highest BCUT2D eigenvalue weighted by Crippen LogP contribution is 2.36. The summed E-state index contributed by atoms with van der Waals surface area (Å²) < 4.78 is 10.3. The Kier molecular flexibility index (Phi) is 4.42. The van der Waals surface area contributed by atoms with E-state index in [1.54, 1.807) is 13.2 Å². The Morgan fingerprint density at radius 1 is 1.23 bits per heavy atom. The number of allylic oxidation sites excluding steroid dienone is 1. The molecule has 1 aromatic carbocycles. The van der Waals surface area contributed by atoms with Crippen molar-refractivity contribution < 1.29 is 14.3 Å². The summed E-state index contributed by atoms with van der Waals surface area (Å²) in [5.41, 5.74) is 3.03. The lowest BCUT2D eigenvalue weighted by atomic mass is 9.89. The zero-order valence-corrected chi connectivity index (χ0v) is 15.3. The normalized spacial score (nSPS) is 22.8. The number of carbonyl (C=O) groups excluding carboxylic acids is 1. The van der Waals surface area contributed by atoms with Crippen LogP contribution in [0.3, 0.4) is 0 Å². The van der Waals surface area contributed by atoms with E-state index < -0.39 is 5.97 Å². The highest BCUT2D eigenvalue weighted by atomic mass is 35.5. The number of hydrogen-bond donors (Lipinski definition) is 1. The van der Waals surface area contributed by atoms with E-state index in [2.05, 4.69) is 16.0 Å². The summed E-state index contributed by atoms with van der Waals surface area (Å²) in [5, 5.41) is 1.85. The van der Waals surface area contributed by atoms with Crippen molar-refractivity contribution in [1.82, 2.24) is 9.97 Å². The van der Waals surface area contributed by atoms with Gasteiger partial charge >= 0.3 is 5.97 Å². The van der Waals surface area contributed by atoms with Gasteiger partial charge in [0.25, 0.3) is 0 Å². The Balaban J connectivity index is 1.94. The van der Waals surface area contributed by atoms with E-state index in [0.29, 0.717) is 12.1 Å². The van der Waals surface area contributed by atoms with E-state index in [-0.39, 0.29) is 17.4 Å². The number of ether oxygens (including phenoxy) is 2. The molecule has 0 fully saturated rings. The molecule has 1 aliphatic carbocycles. The minimum Gasteiger partial charge on any atom is -0.464 e. The SMILES string of the molecule is COC(=O)c1cc2c([nH]c3ccccc32)c([C@@H]2C=CC(OC)[C@H](Cl)C2)n1. The molecule has 4 rings (SSSR count). The van der Waals surface area contributed by atoms with Gasteiger partial charge < -0.3 is 14.5 Å². The van der Waals surface area contributed by atoms with Crippen LogP contribution in [-0.4, -0.2) is 41.6 Å². The third-order valence-corrected chi connectivity index (χ3v) is 5.34. The number of aromatic amines is 1. The molecule has 2 heterocycles. The fourth-order valence-corrected chi connectivity index (χ4v) is 3.97. The molecule has 2 aromatic heterocycles. The second-order valence-electron chi connectivity index (χ2n) is 6.42. The van der Waals surface area contributed by atoms with Gasteiger partial charge in [0.15, 0.2) is 0 Å². The minimum absolute atomic E-state index is 0.0101. The van der Waals surface area contributed by atoms with Crippen LogP contribution in [-0.2, 0) is 9.47 Å². The number of halogens is 1. The quantitative estimate of drug-likeness (QED) is 0.427. The van der Waals surface area contributed by atoms with Gasteiger partial charge in [-0.25, -0.2) is 9.78 Å². The maximum atomic E-state index is 12.2. The Bertz CT molecular complexity index is 1010. The van der Waals surface area contributed by atoms with Gasteiger partial charge in [0.2, 0.25) is 0 Å². The maximum absolute atomic E-state index is 12.2. The fourth-order valence-electron chi connectivity index (χ4n) is 3.60. The molecule has 134 valence electrons. The van der Waals surface area contributed by atoms with Crippen LogP contribution in [0.15, 0.2) is 42.5 Å². The molecule has 1 unspecified atom stereocenters. The lowest BCUT2D eigenvalue weighted by Crippen LogP contribution is -2.27. The zero-order chi connectivity index (χ0) is 18.3. The van der Waals surface area contributed by atoms with Crippen molar-refractivity contribution >= 4 is 39.4 Å². The van der Waals surface area contributed by atoms with Gasteiger partial charge in [0.05, 0.1) is 29.8 Å². The van der Waals surface area contributed by atoms with Crippen LogP contribution < -0.4 is 0 Å². The largest absolute Gasteiger partial charge is 0.464 e. The summed E-state index contributed by atoms with van der Waals surface area (Å²) in [6, 6.07) is 9.78. The van der Waals surface area contributed by atoms with Crippen LogP contribution in [0, 0.1) is 0 Å². The molecule has 0 spiro atoms. The Hall–Kier alpha value is -2.37. The Labute approximate surface area is 156 Å². The first-order valence-corrected chi connectivity index (χ1v) is 8.91. The van der Waals surface area contributed by atoms with Crippen LogP contribution >= 0.6 is 11.6 Å². The van der Waals surface area contributed by atoms with Gasteiger partial charge in [-0.05, 0) is 18.6 Å². The van der Waals surface area contributed by atoms with Gasteiger partial charge in [-0.3, -0.25) is 0 Å². The number of nitrogens with zero attached hydrogens (tertiary/aromatic N) is 1. The van der Waals surface area contributed by atoms with Crippen molar-refractivity contribution in [2.45, 2.75) is 23.8 Å². The van der Waals surface area contributed by atoms with Gasteiger partial charge in [-0.2, -0.15) is 0 Å². The molecule has 26 heavy (non-hydrogen) atoms. The molecule has 0 amide bonds. The van der Waals surface area contributed by atoms with Crippen molar-refractivity contribution in [2.75, 3.05) is 14.2 Å². The first kappa shape index (κ1) is 17.1. The molecule has 0 radical (unpaired) electrons. The number of alkyl halides is 1. The molecular weight excluding hydrogens is 352 g/mol. The second-order valence-corrected chi connectivity index (χ2v) is 6.98. The van der Waals surface area contributed by atoms with Crippen molar-refractivity contribution in [3.63, 3.8) is 0 Å². The second kappa shape index (κ2) is 6.74. The summed E-state index contributed by atoms with van der Waals surface area (Å²) in [5.74, 6) is -0.459. The van der Waals surface area contributed by atoms with Crippen LogP contribution in [0.1, 0.15) is 28.5 Å². The molecule has 0 saturated heterocycles. The minimum atomic E-state index is -0.449. The molecular formula is C20H19ClN2O3. The lowest BCUT2D eigenvalue weighted by molar-refractivity contribution is 0.0594. The Morgan fingerprint density at radius 2 is 2.04 bits per heavy atom. The number of para-hydroxylation sites is 1. The first-order valence-electron chi connectivity index (χ1n) is 8.47. The highest BCUT2D eigenvalue weighted by Gasteiger charge is 2.29. The molecule has 1 N–H and O–H groups in total. The number of fused-ring (bicyclic) bond motifs is 3. The standard InChI is InChI=1S/C20H19ClN2O3/c1-25-17-8-7-11(9-14(17)21)18-19-13(10-16(23-18)20(24)26-2)12-5-3-4-6-15(12)22-19/h3-8,10-11,14,17,22H,9H2,1-2H3/t11-,14-,17?/m1/s1. The molecule has 0 bridgehead atoms. The van der Waals surface area contributed by atoms with Crippen LogP contribution in [0.4, 0.5) is 0 Å². The number of pyridine rings is 1. The lowest BCUT2D eigenvalue weighted by Gasteiger charge is -2.26. The number of hydrogen-bond acceptors (Lipinski definition) is 4. The van der Waals surface area contributed by atoms with Gasteiger partial charge in [-0.1, -0.05) is 30.4 Å². The number of rotatable bonds is 3. The molecule has 3 aromatic rings. The van der Waals surface area contributed by atoms with Crippen molar-refractivity contribution in [3.8, 4) is 0 Å². The summed E-state index contributed by atoms with van der Waals surface area (Å²) in [6.45, 7) is 0. The van der Waals surface area contributed by atoms with Crippen LogP contribution in [0.2, 0.25) is 0 Å². The molecule has 0 saturated carbocycles. The Morgan fingerprint density at radius 3 is 2.77 bits per heavy atom. The molecule has 3 atom stereocenters. The summed E-state index contributed by atoms with van der Waals surface area (Å²) in [6.07, 6.45) is 4.59. The number of nitrogens with one attached hydrogen (secondary N) is 1. The number of esters is 1. The van der Waals surface area contributed by atoms with E-state index in [0.717, 1.165) is 27.5 Å². The fraction of sp³-hybridized carbons (Fsp3) is 0.300. The van der Waals surface area contributed by atoms with E-state index in [1.165, 1.54) is 7.11 Å². The summed E-state index contributed by atoms with van der Waals surface area (Å²) in [7, 11) is 3.01. The molecule has 5 nitrogen and oxygen atoms in total. The van der Waals surface area contributed by atoms with Gasteiger partial charge in [0.1, 0.15) is 5.69 Å². The number of carbonyl (C=O) groups is 1. The third kappa shape index (κ3) is 2.77. The number of methoxy groups -OCH3 is 2. The van der Waals surface area contributed by atoms with Crippen molar-refractivity contribution in [2.24, 2.45) is 0 Å². The van der Waals surface area contributed by atoms with Crippen molar-refractivity contribution in [3.05, 3.63) is 53.9 Å². The maximum Gasteiger partial charge on any atom is 0.356 e. The highest BCUT2D eigenvalue weighted by molar-refractivity contribution is 6.21. The monoisotopic (exact) mass is 370 g/mol. The molecule has 0 aliphatic heterocycles. The molecule has 1 aliphatic rings. The zero-order valence-electron chi connectivity index (χ0n) is 14.5. The molecule has 6 heteroatoms.